The van der Waals surface area contributed by atoms with Gasteiger partial charge in [0.1, 0.15) is 0 Å². The van der Waals surface area contributed by atoms with Crippen LogP contribution in [-0.2, 0) is 0 Å². The molecular formula is C6H9NOS. The van der Waals surface area contributed by atoms with E-state index in [0.29, 0.717) is 0 Å². The van der Waals surface area contributed by atoms with Gasteiger partial charge in [-0.05, 0) is 25.4 Å². The molecule has 1 aromatic heterocycles. The van der Waals surface area contributed by atoms with Gasteiger partial charge in [-0.3, -0.25) is 0 Å². The van der Waals surface area contributed by atoms with Gasteiger partial charge in [0.25, 0.3) is 0 Å². The van der Waals surface area contributed by atoms with Crippen molar-refractivity contribution in [2.45, 2.75) is 20.0 Å². The standard InChI is InChI=1S/C6H9NOS/c1-5(2)8-6-3-4-9-7-6/h3-5H,1-2H3. The third kappa shape index (κ3) is 2.01. The van der Waals surface area contributed by atoms with Crippen molar-refractivity contribution in [2.24, 2.45) is 0 Å². The van der Waals surface area contributed by atoms with Crippen molar-refractivity contribution in [3.05, 3.63) is 11.4 Å². The summed E-state index contributed by atoms with van der Waals surface area (Å²) in [6.07, 6.45) is 0.229. The molecule has 0 N–H and O–H groups in total. The van der Waals surface area contributed by atoms with E-state index in [0.717, 1.165) is 5.88 Å². The number of ether oxygens (including phenoxy) is 1. The number of nitrogens with zero attached hydrogens (tertiary/aromatic N) is 1. The van der Waals surface area contributed by atoms with Gasteiger partial charge in [0, 0.05) is 11.4 Å². The molecule has 0 spiro atoms. The third-order valence-corrected chi connectivity index (χ3v) is 1.31. The Kier molecular flexibility index (Phi) is 2.05. The average Bonchev–Trinajstić information content (AvgIpc) is 2.15. The summed E-state index contributed by atoms with van der Waals surface area (Å²) in [5.41, 5.74) is 0. The van der Waals surface area contributed by atoms with Crippen LogP contribution < -0.4 is 4.74 Å². The molecule has 2 nitrogen and oxygen atoms in total. The van der Waals surface area contributed by atoms with Gasteiger partial charge in [-0.15, -0.1) is 0 Å². The summed E-state index contributed by atoms with van der Waals surface area (Å²) >= 11 is 1.41. The fourth-order valence-electron chi connectivity index (χ4n) is 0.504. The first-order valence-electron chi connectivity index (χ1n) is 2.86. The first kappa shape index (κ1) is 6.55. The molecule has 3 heteroatoms. The molecule has 0 aromatic carbocycles. The van der Waals surface area contributed by atoms with Crippen LogP contribution in [0.2, 0.25) is 0 Å². The summed E-state index contributed by atoms with van der Waals surface area (Å²) in [6, 6.07) is 1.87. The zero-order valence-electron chi connectivity index (χ0n) is 5.50. The number of hydrogen-bond acceptors (Lipinski definition) is 3. The van der Waals surface area contributed by atoms with Gasteiger partial charge in [0.15, 0.2) is 0 Å². The Bertz CT molecular complexity index is 160. The van der Waals surface area contributed by atoms with E-state index < -0.39 is 0 Å². The molecule has 0 radical (unpaired) electrons. The zero-order chi connectivity index (χ0) is 6.69. The summed E-state index contributed by atoms with van der Waals surface area (Å²) in [4.78, 5) is 0. The molecule has 0 saturated heterocycles. The largest absolute Gasteiger partial charge is 0.474 e. The third-order valence-electron chi connectivity index (χ3n) is 0.771. The maximum Gasteiger partial charge on any atom is 0.225 e. The predicted molar refractivity (Wildman–Crippen MR) is 37.9 cm³/mol. The van der Waals surface area contributed by atoms with Crippen LogP contribution in [0.4, 0.5) is 0 Å². The van der Waals surface area contributed by atoms with Crippen molar-refractivity contribution >= 4 is 11.5 Å². The van der Waals surface area contributed by atoms with E-state index in [2.05, 4.69) is 4.37 Å². The Morgan fingerprint density at radius 3 is 2.89 bits per heavy atom. The highest BCUT2D eigenvalue weighted by molar-refractivity contribution is 7.03. The molecule has 0 amide bonds. The Hall–Kier alpha value is -0.570. The highest BCUT2D eigenvalue weighted by Gasteiger charge is 1.96. The fraction of sp³-hybridized carbons (Fsp3) is 0.500. The van der Waals surface area contributed by atoms with Crippen molar-refractivity contribution in [1.29, 1.82) is 0 Å². The minimum Gasteiger partial charge on any atom is -0.474 e. The van der Waals surface area contributed by atoms with Gasteiger partial charge in [-0.2, -0.15) is 4.37 Å². The van der Waals surface area contributed by atoms with E-state index >= 15 is 0 Å². The molecule has 0 unspecified atom stereocenters. The predicted octanol–water partition coefficient (Wildman–Crippen LogP) is 1.93. The molecule has 0 aliphatic carbocycles. The molecule has 1 aromatic rings. The van der Waals surface area contributed by atoms with E-state index in [4.69, 9.17) is 4.74 Å². The van der Waals surface area contributed by atoms with Gasteiger partial charge >= 0.3 is 0 Å². The minimum atomic E-state index is 0.229. The summed E-state index contributed by atoms with van der Waals surface area (Å²) in [7, 11) is 0. The fourth-order valence-corrected chi connectivity index (χ4v) is 0.950. The van der Waals surface area contributed by atoms with E-state index in [1.807, 2.05) is 25.3 Å². The van der Waals surface area contributed by atoms with E-state index in [9.17, 15) is 0 Å². The van der Waals surface area contributed by atoms with Crippen molar-refractivity contribution in [1.82, 2.24) is 4.37 Å². The second-order valence-electron chi connectivity index (χ2n) is 2.00. The molecule has 50 valence electrons. The van der Waals surface area contributed by atoms with Gasteiger partial charge in [0.05, 0.1) is 6.10 Å². The minimum absolute atomic E-state index is 0.229. The first-order chi connectivity index (χ1) is 4.29. The lowest BCUT2D eigenvalue weighted by Crippen LogP contribution is -2.05. The van der Waals surface area contributed by atoms with Crippen molar-refractivity contribution < 1.29 is 4.74 Å². The van der Waals surface area contributed by atoms with Crippen LogP contribution in [0.3, 0.4) is 0 Å². The normalized spacial score (nSPS) is 10.1. The molecule has 0 aliphatic rings. The topological polar surface area (TPSA) is 22.1 Å². The average molecular weight is 143 g/mol. The molecule has 9 heavy (non-hydrogen) atoms. The molecule has 0 bridgehead atoms. The van der Waals surface area contributed by atoms with Crippen LogP contribution in [-0.4, -0.2) is 10.5 Å². The first-order valence-corrected chi connectivity index (χ1v) is 3.69. The SMILES string of the molecule is CC(C)Oc1ccsn1. The highest BCUT2D eigenvalue weighted by Crippen LogP contribution is 2.09. The van der Waals surface area contributed by atoms with Gasteiger partial charge < -0.3 is 4.74 Å². The van der Waals surface area contributed by atoms with Crippen LogP contribution in [0.25, 0.3) is 0 Å². The zero-order valence-corrected chi connectivity index (χ0v) is 6.31. The van der Waals surface area contributed by atoms with Crippen molar-refractivity contribution in [2.75, 3.05) is 0 Å². The lowest BCUT2D eigenvalue weighted by atomic mass is 10.5. The summed E-state index contributed by atoms with van der Waals surface area (Å²) in [6.45, 7) is 3.97. The van der Waals surface area contributed by atoms with Crippen LogP contribution in [0, 0.1) is 0 Å². The highest BCUT2D eigenvalue weighted by atomic mass is 32.1. The van der Waals surface area contributed by atoms with Crippen LogP contribution in [0.15, 0.2) is 11.4 Å². The van der Waals surface area contributed by atoms with Gasteiger partial charge in [0.2, 0.25) is 5.88 Å². The second kappa shape index (κ2) is 2.82. The van der Waals surface area contributed by atoms with Crippen molar-refractivity contribution in [3.63, 3.8) is 0 Å². The smallest absolute Gasteiger partial charge is 0.225 e. The van der Waals surface area contributed by atoms with E-state index in [-0.39, 0.29) is 6.10 Å². The number of rotatable bonds is 2. The molecule has 0 atom stereocenters. The quantitative estimate of drug-likeness (QED) is 0.631. The molecule has 1 rings (SSSR count). The Morgan fingerprint density at radius 1 is 1.67 bits per heavy atom. The summed E-state index contributed by atoms with van der Waals surface area (Å²) in [5, 5.41) is 1.90. The van der Waals surface area contributed by atoms with Crippen LogP contribution >= 0.6 is 11.5 Å². The monoisotopic (exact) mass is 143 g/mol. The van der Waals surface area contributed by atoms with Crippen LogP contribution in [0.1, 0.15) is 13.8 Å². The Labute approximate surface area is 58.6 Å². The molecule has 0 fully saturated rings. The molecule has 0 aliphatic heterocycles. The van der Waals surface area contributed by atoms with E-state index in [1.165, 1.54) is 11.5 Å². The Balaban J connectivity index is 2.48. The number of aromatic nitrogens is 1. The second-order valence-corrected chi connectivity index (χ2v) is 2.67. The molecule has 1 heterocycles. The lowest BCUT2D eigenvalue weighted by molar-refractivity contribution is 0.235. The summed E-state index contributed by atoms with van der Waals surface area (Å²) < 4.78 is 9.23. The van der Waals surface area contributed by atoms with Crippen LogP contribution in [0.5, 0.6) is 5.88 Å². The maximum atomic E-state index is 5.25. The molecule has 0 saturated carbocycles. The van der Waals surface area contributed by atoms with Crippen molar-refractivity contribution in [3.8, 4) is 5.88 Å². The van der Waals surface area contributed by atoms with Gasteiger partial charge in [-0.1, -0.05) is 0 Å². The summed E-state index contributed by atoms with van der Waals surface area (Å²) in [5.74, 6) is 0.731. The van der Waals surface area contributed by atoms with Gasteiger partial charge in [-0.25, -0.2) is 0 Å². The maximum absolute atomic E-state index is 5.25. The number of hydrogen-bond donors (Lipinski definition) is 0. The lowest BCUT2D eigenvalue weighted by Gasteiger charge is -2.03. The Morgan fingerprint density at radius 2 is 2.44 bits per heavy atom. The van der Waals surface area contributed by atoms with E-state index in [1.54, 1.807) is 0 Å². The molecular weight excluding hydrogens is 134 g/mol.